The molecule has 5 atom stereocenters. The minimum Gasteiger partial charge on any atom is -0.370 e. The normalized spacial score (nSPS) is 24.4. The summed E-state index contributed by atoms with van der Waals surface area (Å²) in [7, 11) is 0. The largest absolute Gasteiger partial charge is 0.370 e. The average Bonchev–Trinajstić information content (AvgIpc) is 3.81. The lowest BCUT2D eigenvalue weighted by atomic mass is 9.84. The van der Waals surface area contributed by atoms with Gasteiger partial charge in [0.05, 0.1) is 6.54 Å². The summed E-state index contributed by atoms with van der Waals surface area (Å²) in [5.41, 5.74) is 10.6. The van der Waals surface area contributed by atoms with E-state index in [1.807, 2.05) is 0 Å². The van der Waals surface area contributed by atoms with Gasteiger partial charge in [-0.1, -0.05) is 120 Å². The predicted octanol–water partition coefficient (Wildman–Crippen LogP) is 8.13. The van der Waals surface area contributed by atoms with Gasteiger partial charge in [0.15, 0.2) is 11.9 Å². The molecule has 1 saturated carbocycles. The molecule has 280 valence electrons. The van der Waals surface area contributed by atoms with Crippen molar-refractivity contribution in [3.8, 4) is 0 Å². The number of nitrogens with one attached hydrogen (secondary N) is 1. The van der Waals surface area contributed by atoms with Gasteiger partial charge in [0.25, 0.3) is 0 Å². The zero-order valence-corrected chi connectivity index (χ0v) is 32.5. The number of benzene rings is 3. The Morgan fingerprint density at radius 1 is 0.808 bits per heavy atom. The number of aliphatic imine (C=N–C) groups is 1. The van der Waals surface area contributed by atoms with Gasteiger partial charge in [-0.2, -0.15) is 0 Å². The molecular formula is C45H65N7. The van der Waals surface area contributed by atoms with Crippen LogP contribution in [0.2, 0.25) is 0 Å². The van der Waals surface area contributed by atoms with Crippen molar-refractivity contribution in [1.82, 2.24) is 19.6 Å². The van der Waals surface area contributed by atoms with Crippen molar-refractivity contribution < 1.29 is 0 Å². The topological polar surface area (TPSA) is 75.2 Å². The summed E-state index contributed by atoms with van der Waals surface area (Å²) in [6, 6.07) is 26.6. The van der Waals surface area contributed by atoms with E-state index in [4.69, 9.17) is 5.73 Å². The zero-order chi connectivity index (χ0) is 36.2. The highest BCUT2D eigenvalue weighted by Gasteiger charge is 2.41. The minimum absolute atomic E-state index is 0.223. The van der Waals surface area contributed by atoms with Crippen LogP contribution in [0.4, 0.5) is 0 Å². The molecule has 3 aromatic carbocycles. The SMILES string of the molecule is CC(C)Cc1ccc(C(C)CN2C(=N)N([C@H](Cc3ccc4ccccc4c3)CN3CCCC3CN3C(N)=NC[C@@H]3C)C[C@@H]2CC2CCCCC2)cc1. The number of hydrogen-bond acceptors (Lipinski definition) is 5. The Kier molecular flexibility index (Phi) is 11.7. The van der Waals surface area contributed by atoms with Crippen molar-refractivity contribution in [2.75, 3.05) is 39.3 Å². The summed E-state index contributed by atoms with van der Waals surface area (Å²) in [6.45, 7) is 14.9. The van der Waals surface area contributed by atoms with Gasteiger partial charge >= 0.3 is 0 Å². The zero-order valence-electron chi connectivity index (χ0n) is 32.5. The highest BCUT2D eigenvalue weighted by Crippen LogP contribution is 2.34. The lowest BCUT2D eigenvalue weighted by molar-refractivity contribution is 0.157. The Balaban J connectivity index is 1.15. The van der Waals surface area contributed by atoms with Crippen LogP contribution in [0.1, 0.15) is 102 Å². The van der Waals surface area contributed by atoms with E-state index in [1.165, 1.54) is 78.8 Å². The van der Waals surface area contributed by atoms with Crippen LogP contribution in [0.15, 0.2) is 71.7 Å². The molecule has 2 unspecified atom stereocenters. The van der Waals surface area contributed by atoms with Crippen LogP contribution in [0.25, 0.3) is 10.8 Å². The molecule has 3 fully saturated rings. The molecule has 0 bridgehead atoms. The molecule has 0 radical (unpaired) electrons. The molecule has 2 saturated heterocycles. The van der Waals surface area contributed by atoms with Crippen LogP contribution in [0.3, 0.4) is 0 Å². The second-order valence-electron chi connectivity index (χ2n) is 17.3. The summed E-state index contributed by atoms with van der Waals surface area (Å²) in [4.78, 5) is 14.7. The van der Waals surface area contributed by atoms with E-state index in [-0.39, 0.29) is 6.04 Å². The number of fused-ring (bicyclic) bond motifs is 1. The van der Waals surface area contributed by atoms with Gasteiger partial charge in [-0.05, 0) is 90.8 Å². The van der Waals surface area contributed by atoms with Crippen LogP contribution >= 0.6 is 0 Å². The van der Waals surface area contributed by atoms with Crippen molar-refractivity contribution in [2.24, 2.45) is 22.6 Å². The van der Waals surface area contributed by atoms with E-state index in [0.29, 0.717) is 35.9 Å². The van der Waals surface area contributed by atoms with Gasteiger partial charge < -0.3 is 20.4 Å². The molecule has 7 heteroatoms. The summed E-state index contributed by atoms with van der Waals surface area (Å²) >= 11 is 0. The monoisotopic (exact) mass is 704 g/mol. The molecule has 3 heterocycles. The van der Waals surface area contributed by atoms with Crippen LogP contribution in [-0.2, 0) is 12.8 Å². The molecule has 3 N–H and O–H groups in total. The second-order valence-corrected chi connectivity index (χ2v) is 17.3. The molecule has 1 aliphatic carbocycles. The van der Waals surface area contributed by atoms with Gasteiger partial charge in [0.1, 0.15) is 0 Å². The molecule has 0 aromatic heterocycles. The molecular weight excluding hydrogens is 639 g/mol. The van der Waals surface area contributed by atoms with Crippen molar-refractivity contribution in [1.29, 1.82) is 5.41 Å². The first kappa shape index (κ1) is 36.8. The summed E-state index contributed by atoms with van der Waals surface area (Å²) in [6.07, 6.45) is 12.5. The summed E-state index contributed by atoms with van der Waals surface area (Å²) in [5, 5.41) is 12.6. The fourth-order valence-corrected chi connectivity index (χ4v) is 9.84. The highest BCUT2D eigenvalue weighted by molar-refractivity contribution is 5.83. The van der Waals surface area contributed by atoms with Gasteiger partial charge in [-0.25, -0.2) is 0 Å². The number of hydrogen-bond donors (Lipinski definition) is 2. The van der Waals surface area contributed by atoms with Crippen molar-refractivity contribution in [2.45, 2.75) is 122 Å². The molecule has 7 nitrogen and oxygen atoms in total. The molecule has 3 aromatic rings. The number of rotatable bonds is 14. The number of likely N-dealkylation sites (tertiary alicyclic amines) is 1. The van der Waals surface area contributed by atoms with E-state index in [0.717, 1.165) is 64.0 Å². The first-order valence-corrected chi connectivity index (χ1v) is 20.7. The van der Waals surface area contributed by atoms with Gasteiger partial charge in [0, 0.05) is 50.3 Å². The van der Waals surface area contributed by atoms with Crippen molar-refractivity contribution in [3.05, 3.63) is 83.4 Å². The predicted molar refractivity (Wildman–Crippen MR) is 218 cm³/mol. The Morgan fingerprint density at radius 3 is 2.29 bits per heavy atom. The third-order valence-corrected chi connectivity index (χ3v) is 12.8. The van der Waals surface area contributed by atoms with E-state index in [1.54, 1.807) is 0 Å². The fourth-order valence-electron chi connectivity index (χ4n) is 9.84. The van der Waals surface area contributed by atoms with Gasteiger partial charge in [-0.3, -0.25) is 15.3 Å². The minimum atomic E-state index is 0.223. The van der Waals surface area contributed by atoms with Gasteiger partial charge in [-0.15, -0.1) is 0 Å². The number of nitrogens with two attached hydrogens (primary N) is 1. The lowest BCUT2D eigenvalue weighted by Crippen LogP contribution is -2.52. The standard InChI is InChI=1S/C45H65N7/c1-32(2)23-36-16-19-38(20-17-36)33(3)28-51-43(25-35-11-6-5-7-12-35)31-52(45(51)47)42(26-37-18-21-39-13-8-9-14-40(39)24-37)29-49-22-10-15-41(49)30-50-34(4)27-48-44(50)46/h8-9,13-14,16-21,24,32-35,41-43,47H,5-7,10-12,15,22-23,25-31H2,1-4H3,(H2,46,48)/t33?,34-,41?,42+,43-/m0/s1. The van der Waals surface area contributed by atoms with Gasteiger partial charge in [0.2, 0.25) is 0 Å². The summed E-state index contributed by atoms with van der Waals surface area (Å²) < 4.78 is 0. The Morgan fingerprint density at radius 2 is 1.56 bits per heavy atom. The Labute approximate surface area is 314 Å². The van der Waals surface area contributed by atoms with Crippen LogP contribution in [-0.4, -0.2) is 95.0 Å². The Bertz CT molecular complexity index is 1660. The van der Waals surface area contributed by atoms with E-state index < -0.39 is 0 Å². The number of guanidine groups is 2. The third-order valence-electron chi connectivity index (χ3n) is 12.8. The maximum absolute atomic E-state index is 9.96. The van der Waals surface area contributed by atoms with Crippen LogP contribution in [0, 0.1) is 17.2 Å². The molecule has 4 aliphatic rings. The molecule has 52 heavy (non-hydrogen) atoms. The maximum Gasteiger partial charge on any atom is 0.194 e. The molecule has 0 spiro atoms. The second kappa shape index (κ2) is 16.6. The third kappa shape index (κ3) is 8.62. The van der Waals surface area contributed by atoms with Crippen LogP contribution in [0.5, 0.6) is 0 Å². The van der Waals surface area contributed by atoms with Crippen LogP contribution < -0.4 is 5.73 Å². The van der Waals surface area contributed by atoms with Crippen molar-refractivity contribution in [3.63, 3.8) is 0 Å². The van der Waals surface area contributed by atoms with E-state index in [9.17, 15) is 5.41 Å². The molecule has 0 amide bonds. The summed E-state index contributed by atoms with van der Waals surface area (Å²) in [5.74, 6) is 3.25. The quantitative estimate of drug-likeness (QED) is 0.177. The first-order chi connectivity index (χ1) is 25.2. The smallest absolute Gasteiger partial charge is 0.194 e. The first-order valence-electron chi connectivity index (χ1n) is 20.7. The highest BCUT2D eigenvalue weighted by atomic mass is 15.5. The van der Waals surface area contributed by atoms with Crippen molar-refractivity contribution >= 4 is 22.7 Å². The number of nitrogens with zero attached hydrogens (tertiary/aromatic N) is 5. The Hall–Kier alpha value is -3.58. The average molecular weight is 704 g/mol. The molecule has 7 rings (SSSR count). The lowest BCUT2D eigenvalue weighted by Gasteiger charge is -2.37. The maximum atomic E-state index is 9.96. The van der Waals surface area contributed by atoms with E-state index in [2.05, 4.69) is 119 Å². The van der Waals surface area contributed by atoms with E-state index >= 15 is 0 Å². The molecule has 3 aliphatic heterocycles. The fraction of sp³-hybridized carbons (Fsp3) is 0.600.